The Bertz CT molecular complexity index is 334. The van der Waals surface area contributed by atoms with Crippen molar-refractivity contribution in [1.82, 2.24) is 0 Å². The number of hydrogen-bond acceptors (Lipinski definition) is 2. The average molecular weight is 247 g/mol. The van der Waals surface area contributed by atoms with Crippen molar-refractivity contribution in [1.29, 1.82) is 0 Å². The van der Waals surface area contributed by atoms with E-state index in [1.54, 1.807) is 0 Å². The van der Waals surface area contributed by atoms with Gasteiger partial charge >= 0.3 is 0 Å². The molecule has 1 atom stereocenters. The second-order valence-electron chi connectivity index (χ2n) is 4.93. The van der Waals surface area contributed by atoms with Crippen LogP contribution in [0.4, 0.5) is 0 Å². The van der Waals surface area contributed by atoms with Crippen molar-refractivity contribution in [3.05, 3.63) is 35.9 Å². The summed E-state index contributed by atoms with van der Waals surface area (Å²) in [6.45, 7) is 2.20. The van der Waals surface area contributed by atoms with Crippen LogP contribution in [0, 0.1) is 0 Å². The van der Waals surface area contributed by atoms with Crippen LogP contribution in [0.2, 0.25) is 0 Å². The van der Waals surface area contributed by atoms with Crippen molar-refractivity contribution in [3.8, 4) is 0 Å². The molecule has 0 fully saturated rings. The predicted octanol–water partition coefficient (Wildman–Crippen LogP) is 3.49. The zero-order valence-corrected chi connectivity index (χ0v) is 11.4. The van der Waals surface area contributed by atoms with Crippen molar-refractivity contribution in [2.45, 2.75) is 57.9 Å². The van der Waals surface area contributed by atoms with E-state index < -0.39 is 0 Å². The van der Waals surface area contributed by atoms with E-state index in [0.717, 1.165) is 18.4 Å². The van der Waals surface area contributed by atoms with E-state index in [1.165, 1.54) is 19.3 Å². The monoisotopic (exact) mass is 247 g/mol. The molecule has 18 heavy (non-hydrogen) atoms. The van der Waals surface area contributed by atoms with Gasteiger partial charge in [-0.3, -0.25) is 4.79 Å². The molecule has 0 unspecified atom stereocenters. The first kappa shape index (κ1) is 14.9. The summed E-state index contributed by atoms with van der Waals surface area (Å²) in [6.07, 6.45) is 7.18. The summed E-state index contributed by atoms with van der Waals surface area (Å²) in [4.78, 5) is 11.9. The van der Waals surface area contributed by atoms with Crippen LogP contribution in [-0.2, 0) is 11.2 Å². The molecule has 100 valence electrons. The Hall–Kier alpha value is -1.15. The highest BCUT2D eigenvalue weighted by Gasteiger charge is 2.13. The van der Waals surface area contributed by atoms with Gasteiger partial charge in [-0.1, -0.05) is 62.9 Å². The van der Waals surface area contributed by atoms with Gasteiger partial charge in [-0.15, -0.1) is 0 Å². The third-order valence-electron chi connectivity index (χ3n) is 3.24. The van der Waals surface area contributed by atoms with Crippen molar-refractivity contribution in [3.63, 3.8) is 0 Å². The minimum atomic E-state index is -0.335. The zero-order chi connectivity index (χ0) is 13.2. The minimum absolute atomic E-state index is 0.204. The van der Waals surface area contributed by atoms with E-state index in [-0.39, 0.29) is 11.8 Å². The van der Waals surface area contributed by atoms with Gasteiger partial charge in [0.1, 0.15) is 5.78 Å². The number of hydrogen-bond donors (Lipinski definition) is 1. The number of nitrogens with two attached hydrogens (primary N) is 1. The molecule has 2 heteroatoms. The Balaban J connectivity index is 2.21. The average Bonchev–Trinajstić information content (AvgIpc) is 2.39. The molecule has 0 aliphatic heterocycles. The summed E-state index contributed by atoms with van der Waals surface area (Å²) in [6, 6.07) is 9.65. The van der Waals surface area contributed by atoms with Gasteiger partial charge in [0.15, 0.2) is 0 Å². The fourth-order valence-electron chi connectivity index (χ4n) is 2.07. The maximum absolute atomic E-state index is 11.9. The molecule has 2 N–H and O–H groups in total. The van der Waals surface area contributed by atoms with E-state index >= 15 is 0 Å². The van der Waals surface area contributed by atoms with Crippen molar-refractivity contribution in [2.75, 3.05) is 0 Å². The summed E-state index contributed by atoms with van der Waals surface area (Å²) in [5.41, 5.74) is 7.08. The lowest BCUT2D eigenvalue weighted by atomic mass is 9.99. The molecule has 1 aromatic carbocycles. The topological polar surface area (TPSA) is 43.1 Å². The fourth-order valence-corrected chi connectivity index (χ4v) is 2.07. The Morgan fingerprint density at radius 3 is 2.44 bits per heavy atom. The number of ketones is 1. The van der Waals surface area contributed by atoms with E-state index in [4.69, 9.17) is 5.73 Å². The largest absolute Gasteiger partial charge is 0.321 e. The molecule has 1 aromatic rings. The van der Waals surface area contributed by atoms with Gasteiger partial charge in [-0.25, -0.2) is 0 Å². The van der Waals surface area contributed by atoms with Gasteiger partial charge in [0.05, 0.1) is 6.04 Å². The number of rotatable bonds is 9. The van der Waals surface area contributed by atoms with Crippen molar-refractivity contribution < 1.29 is 4.79 Å². The Kier molecular flexibility index (Phi) is 7.35. The molecule has 0 saturated carbocycles. The Morgan fingerprint density at radius 1 is 1.11 bits per heavy atom. The quantitative estimate of drug-likeness (QED) is 0.679. The first-order valence-electron chi connectivity index (χ1n) is 7.06. The molecule has 0 radical (unpaired) electrons. The van der Waals surface area contributed by atoms with Crippen LogP contribution in [0.25, 0.3) is 0 Å². The Labute approximate surface area is 111 Å². The van der Waals surface area contributed by atoms with Crippen LogP contribution >= 0.6 is 0 Å². The highest BCUT2D eigenvalue weighted by molar-refractivity contribution is 5.84. The second-order valence-corrected chi connectivity index (χ2v) is 4.93. The van der Waals surface area contributed by atoms with Gasteiger partial charge in [0.2, 0.25) is 0 Å². The van der Waals surface area contributed by atoms with Crippen LogP contribution in [0.1, 0.15) is 51.0 Å². The number of unbranched alkanes of at least 4 members (excludes halogenated alkanes) is 4. The maximum atomic E-state index is 11.9. The smallest absolute Gasteiger partial charge is 0.149 e. The molecule has 0 aliphatic rings. The maximum Gasteiger partial charge on any atom is 0.149 e. The summed E-state index contributed by atoms with van der Waals surface area (Å²) in [5, 5.41) is 0. The normalized spacial score (nSPS) is 12.3. The van der Waals surface area contributed by atoms with Crippen LogP contribution in [0.3, 0.4) is 0 Å². The molecule has 0 heterocycles. The third-order valence-corrected chi connectivity index (χ3v) is 3.24. The summed E-state index contributed by atoms with van der Waals surface area (Å²) in [7, 11) is 0. The van der Waals surface area contributed by atoms with Crippen LogP contribution in [0.5, 0.6) is 0 Å². The number of Topliss-reactive ketones (excluding diaryl/α,β-unsaturated/α-hetero) is 1. The van der Waals surface area contributed by atoms with Crippen LogP contribution < -0.4 is 5.73 Å². The molecular formula is C16H25NO. The van der Waals surface area contributed by atoms with Crippen molar-refractivity contribution >= 4 is 5.78 Å². The molecule has 0 saturated heterocycles. The number of benzene rings is 1. The van der Waals surface area contributed by atoms with E-state index in [1.807, 2.05) is 30.3 Å². The molecule has 0 spiro atoms. The summed E-state index contributed by atoms with van der Waals surface area (Å²) in [5.74, 6) is 0.204. The first-order chi connectivity index (χ1) is 8.74. The molecular weight excluding hydrogens is 222 g/mol. The lowest BCUT2D eigenvalue weighted by molar-refractivity contribution is -0.120. The predicted molar refractivity (Wildman–Crippen MR) is 76.5 cm³/mol. The number of carbonyl (C=O) groups excluding carboxylic acids is 1. The second kappa shape index (κ2) is 8.87. The minimum Gasteiger partial charge on any atom is -0.321 e. The van der Waals surface area contributed by atoms with E-state index in [2.05, 4.69) is 6.92 Å². The first-order valence-corrected chi connectivity index (χ1v) is 7.06. The third kappa shape index (κ3) is 5.97. The SMILES string of the molecule is CCCCCCCC(=O)[C@@H](N)Cc1ccccc1. The molecule has 0 amide bonds. The zero-order valence-electron chi connectivity index (χ0n) is 11.4. The fraction of sp³-hybridized carbons (Fsp3) is 0.562. The van der Waals surface area contributed by atoms with Gasteiger partial charge in [-0.05, 0) is 18.4 Å². The standard InChI is InChI=1S/C16H25NO/c1-2-3-4-5-9-12-16(18)15(17)13-14-10-7-6-8-11-14/h6-8,10-11,15H,2-5,9,12-13,17H2,1H3/t15-/m0/s1. The highest BCUT2D eigenvalue weighted by atomic mass is 16.1. The molecule has 0 aliphatic carbocycles. The molecule has 0 bridgehead atoms. The van der Waals surface area contributed by atoms with Gasteiger partial charge in [-0.2, -0.15) is 0 Å². The van der Waals surface area contributed by atoms with Crippen LogP contribution in [-0.4, -0.2) is 11.8 Å². The van der Waals surface area contributed by atoms with Gasteiger partial charge in [0.25, 0.3) is 0 Å². The van der Waals surface area contributed by atoms with Gasteiger partial charge in [0, 0.05) is 6.42 Å². The van der Waals surface area contributed by atoms with Gasteiger partial charge < -0.3 is 5.73 Å². The lowest BCUT2D eigenvalue weighted by Gasteiger charge is -2.10. The highest BCUT2D eigenvalue weighted by Crippen LogP contribution is 2.08. The molecule has 1 rings (SSSR count). The van der Waals surface area contributed by atoms with E-state index in [0.29, 0.717) is 12.8 Å². The summed E-state index contributed by atoms with van der Waals surface area (Å²) >= 11 is 0. The van der Waals surface area contributed by atoms with E-state index in [9.17, 15) is 4.79 Å². The Morgan fingerprint density at radius 2 is 1.78 bits per heavy atom. The number of carbonyl (C=O) groups is 1. The van der Waals surface area contributed by atoms with Crippen molar-refractivity contribution in [2.24, 2.45) is 5.73 Å². The van der Waals surface area contributed by atoms with Crippen LogP contribution in [0.15, 0.2) is 30.3 Å². The molecule has 0 aromatic heterocycles. The summed E-state index contributed by atoms with van der Waals surface area (Å²) < 4.78 is 0. The molecule has 2 nitrogen and oxygen atoms in total. The lowest BCUT2D eigenvalue weighted by Crippen LogP contribution is -2.32.